The Bertz CT molecular complexity index is 390. The maximum atomic E-state index is 13.1. The predicted octanol–water partition coefficient (Wildman–Crippen LogP) is 3.84. The molecule has 0 heterocycles. The van der Waals surface area contributed by atoms with Crippen LogP contribution in [0.15, 0.2) is 30.9 Å². The van der Waals surface area contributed by atoms with Crippen LogP contribution in [-0.4, -0.2) is 0 Å². The summed E-state index contributed by atoms with van der Waals surface area (Å²) >= 11 is 0. The molecule has 0 aliphatic heterocycles. The monoisotopic (exact) mass is 269 g/mol. The summed E-state index contributed by atoms with van der Waals surface area (Å²) in [4.78, 5) is 0. The van der Waals surface area contributed by atoms with E-state index in [1.807, 2.05) is 0 Å². The van der Waals surface area contributed by atoms with Crippen LogP contribution >= 0.6 is 12.4 Å². The van der Waals surface area contributed by atoms with Gasteiger partial charge in [-0.1, -0.05) is 18.2 Å². The number of nitrogens with two attached hydrogens (primary N) is 1. The van der Waals surface area contributed by atoms with Crippen LogP contribution in [0.1, 0.15) is 23.6 Å². The molecule has 1 rings (SSSR count). The molecule has 0 saturated carbocycles. The molecule has 0 amide bonds. The van der Waals surface area contributed by atoms with E-state index in [1.54, 1.807) is 0 Å². The van der Waals surface area contributed by atoms with Crippen LogP contribution in [0.3, 0.4) is 0 Å². The zero-order valence-electron chi connectivity index (χ0n) is 8.80. The molecule has 0 radical (unpaired) electrons. The van der Waals surface area contributed by atoms with Gasteiger partial charge >= 0.3 is 6.18 Å². The Labute approximate surface area is 103 Å². The Morgan fingerprint density at radius 1 is 1.35 bits per heavy atom. The van der Waals surface area contributed by atoms with Crippen molar-refractivity contribution in [2.75, 3.05) is 0 Å². The first-order chi connectivity index (χ1) is 7.38. The number of hydrogen-bond acceptors (Lipinski definition) is 1. The third-order valence-corrected chi connectivity index (χ3v) is 2.15. The number of rotatable bonds is 3. The second-order valence-corrected chi connectivity index (χ2v) is 3.33. The van der Waals surface area contributed by atoms with Crippen molar-refractivity contribution in [1.29, 1.82) is 0 Å². The number of benzene rings is 1. The average molecular weight is 270 g/mol. The summed E-state index contributed by atoms with van der Waals surface area (Å²) in [7, 11) is 0. The van der Waals surface area contributed by atoms with Gasteiger partial charge in [-0.2, -0.15) is 13.2 Å². The molecular formula is C11H12ClF4N. The van der Waals surface area contributed by atoms with E-state index in [1.165, 1.54) is 18.2 Å². The topological polar surface area (TPSA) is 26.0 Å². The molecule has 0 aliphatic carbocycles. The van der Waals surface area contributed by atoms with Crippen LogP contribution in [0.5, 0.6) is 0 Å². The first-order valence-electron chi connectivity index (χ1n) is 4.60. The number of hydrogen-bond donors (Lipinski definition) is 1. The van der Waals surface area contributed by atoms with E-state index >= 15 is 0 Å². The van der Waals surface area contributed by atoms with Crippen molar-refractivity contribution >= 4 is 12.4 Å². The van der Waals surface area contributed by atoms with Crippen LogP contribution in [0.2, 0.25) is 0 Å². The Kier molecular flexibility index (Phi) is 5.64. The second-order valence-electron chi connectivity index (χ2n) is 3.33. The van der Waals surface area contributed by atoms with Gasteiger partial charge in [-0.15, -0.1) is 19.0 Å². The first-order valence-corrected chi connectivity index (χ1v) is 4.60. The summed E-state index contributed by atoms with van der Waals surface area (Å²) in [6, 6.07) is 2.26. The summed E-state index contributed by atoms with van der Waals surface area (Å²) in [5.41, 5.74) is 4.00. The van der Waals surface area contributed by atoms with Crippen molar-refractivity contribution in [2.24, 2.45) is 5.73 Å². The zero-order valence-corrected chi connectivity index (χ0v) is 9.61. The van der Waals surface area contributed by atoms with Crippen LogP contribution in [0.4, 0.5) is 17.6 Å². The molecule has 0 fully saturated rings. The quantitative estimate of drug-likeness (QED) is 0.655. The highest BCUT2D eigenvalue weighted by atomic mass is 35.5. The molecule has 2 N–H and O–H groups in total. The average Bonchev–Trinajstić information content (AvgIpc) is 2.15. The molecule has 0 saturated heterocycles. The van der Waals surface area contributed by atoms with Crippen LogP contribution in [0.25, 0.3) is 0 Å². The van der Waals surface area contributed by atoms with Gasteiger partial charge in [0.2, 0.25) is 0 Å². The molecule has 0 unspecified atom stereocenters. The van der Waals surface area contributed by atoms with Crippen molar-refractivity contribution in [3.63, 3.8) is 0 Å². The second kappa shape index (κ2) is 6.02. The smallest absolute Gasteiger partial charge is 0.324 e. The molecule has 0 aromatic heterocycles. The molecule has 1 nitrogen and oxygen atoms in total. The number of halogens is 5. The Morgan fingerprint density at radius 3 is 2.41 bits per heavy atom. The fourth-order valence-electron chi connectivity index (χ4n) is 1.46. The highest BCUT2D eigenvalue weighted by molar-refractivity contribution is 5.85. The molecular weight excluding hydrogens is 258 g/mol. The van der Waals surface area contributed by atoms with Crippen molar-refractivity contribution in [3.8, 4) is 0 Å². The Balaban J connectivity index is 0.00000256. The lowest BCUT2D eigenvalue weighted by Gasteiger charge is -2.17. The van der Waals surface area contributed by atoms with Crippen LogP contribution in [0, 0.1) is 5.82 Å². The normalized spacial score (nSPS) is 12.8. The molecule has 1 atom stereocenters. The fraction of sp³-hybridized carbons (Fsp3) is 0.273. The summed E-state index contributed by atoms with van der Waals surface area (Å²) < 4.78 is 50.9. The minimum absolute atomic E-state index is 0. The van der Waals surface area contributed by atoms with Crippen molar-refractivity contribution in [2.45, 2.75) is 18.6 Å². The molecule has 1 aromatic carbocycles. The highest BCUT2D eigenvalue weighted by Gasteiger charge is 2.37. The van der Waals surface area contributed by atoms with E-state index in [9.17, 15) is 17.6 Å². The summed E-state index contributed by atoms with van der Waals surface area (Å²) in [5.74, 6) is -1.30. The van der Waals surface area contributed by atoms with E-state index in [0.29, 0.717) is 0 Å². The van der Waals surface area contributed by atoms with E-state index in [0.717, 1.165) is 6.07 Å². The standard InChI is InChI=1S/C11H11F4N.ClH/c1-2-4-9(16)7-5-3-6-8(12)10(7)11(13,14)15;/h2-3,5-6,9H,1,4,16H2;1H/t9-;/m0./s1. The maximum absolute atomic E-state index is 13.1. The minimum Gasteiger partial charge on any atom is -0.324 e. The summed E-state index contributed by atoms with van der Waals surface area (Å²) in [5, 5.41) is 0. The highest BCUT2D eigenvalue weighted by Crippen LogP contribution is 2.36. The van der Waals surface area contributed by atoms with E-state index in [2.05, 4.69) is 6.58 Å². The van der Waals surface area contributed by atoms with E-state index < -0.39 is 23.6 Å². The summed E-state index contributed by atoms with van der Waals surface area (Å²) in [6.07, 6.45) is -3.18. The van der Waals surface area contributed by atoms with Crippen molar-refractivity contribution in [3.05, 3.63) is 47.8 Å². The maximum Gasteiger partial charge on any atom is 0.419 e. The van der Waals surface area contributed by atoms with Crippen molar-refractivity contribution < 1.29 is 17.6 Å². The van der Waals surface area contributed by atoms with Gasteiger partial charge in [-0.3, -0.25) is 0 Å². The van der Waals surface area contributed by atoms with Gasteiger partial charge in [-0.25, -0.2) is 4.39 Å². The molecule has 96 valence electrons. The van der Waals surface area contributed by atoms with E-state index in [-0.39, 0.29) is 24.4 Å². The molecule has 6 heteroatoms. The lowest BCUT2D eigenvalue weighted by Crippen LogP contribution is -2.18. The van der Waals surface area contributed by atoms with Gasteiger partial charge in [-0.05, 0) is 18.1 Å². The Hall–Kier alpha value is -1.07. The molecule has 0 bridgehead atoms. The fourth-order valence-corrected chi connectivity index (χ4v) is 1.46. The molecule has 17 heavy (non-hydrogen) atoms. The van der Waals surface area contributed by atoms with Gasteiger partial charge in [0, 0.05) is 6.04 Å². The molecule has 0 aliphatic rings. The lowest BCUT2D eigenvalue weighted by molar-refractivity contribution is -0.140. The molecule has 1 aromatic rings. The van der Waals surface area contributed by atoms with Crippen LogP contribution < -0.4 is 5.73 Å². The Morgan fingerprint density at radius 2 is 1.94 bits per heavy atom. The lowest BCUT2D eigenvalue weighted by atomic mass is 9.98. The minimum atomic E-state index is -4.74. The van der Waals surface area contributed by atoms with Gasteiger partial charge in [0.05, 0.1) is 5.56 Å². The van der Waals surface area contributed by atoms with E-state index in [4.69, 9.17) is 5.73 Å². The van der Waals surface area contributed by atoms with Gasteiger partial charge < -0.3 is 5.73 Å². The number of alkyl halides is 3. The van der Waals surface area contributed by atoms with Gasteiger partial charge in [0.25, 0.3) is 0 Å². The van der Waals surface area contributed by atoms with Crippen molar-refractivity contribution in [1.82, 2.24) is 0 Å². The van der Waals surface area contributed by atoms with Gasteiger partial charge in [0.15, 0.2) is 0 Å². The zero-order chi connectivity index (χ0) is 12.3. The first kappa shape index (κ1) is 15.9. The van der Waals surface area contributed by atoms with Gasteiger partial charge in [0.1, 0.15) is 5.82 Å². The SMILES string of the molecule is C=CC[C@H](N)c1cccc(F)c1C(F)(F)F.Cl. The predicted molar refractivity (Wildman–Crippen MR) is 60.4 cm³/mol. The third-order valence-electron chi connectivity index (χ3n) is 2.15. The molecule has 0 spiro atoms. The van der Waals surface area contributed by atoms with Crippen LogP contribution in [-0.2, 0) is 6.18 Å². The third kappa shape index (κ3) is 3.71. The summed E-state index contributed by atoms with van der Waals surface area (Å²) in [6.45, 7) is 3.39. The largest absolute Gasteiger partial charge is 0.419 e.